The smallest absolute Gasteiger partial charge is 0.204 e. The summed E-state index contributed by atoms with van der Waals surface area (Å²) >= 11 is 0. The highest BCUT2D eigenvalue weighted by Gasteiger charge is 2.40. The third-order valence-electron chi connectivity index (χ3n) is 10.8. The summed E-state index contributed by atoms with van der Waals surface area (Å²) in [5.41, 5.74) is 8.83. The van der Waals surface area contributed by atoms with E-state index in [0.717, 1.165) is 77.2 Å². The Bertz CT molecular complexity index is 1990. The number of rotatable bonds is 12. The van der Waals surface area contributed by atoms with E-state index in [1.54, 1.807) is 56.9 Å². The van der Waals surface area contributed by atoms with Crippen LogP contribution in [0.5, 0.6) is 57.5 Å². The number of nitrogens with one attached hydrogen (secondary N) is 1. The van der Waals surface area contributed by atoms with Crippen LogP contribution in [0.25, 0.3) is 11.1 Å². The van der Waals surface area contributed by atoms with Crippen molar-refractivity contribution >= 4 is 0 Å². The van der Waals surface area contributed by atoms with Gasteiger partial charge in [-0.25, -0.2) is 0 Å². The van der Waals surface area contributed by atoms with Gasteiger partial charge in [0.15, 0.2) is 46.0 Å². The number of methoxy groups -OCH3 is 8. The van der Waals surface area contributed by atoms with Gasteiger partial charge in [0, 0.05) is 41.4 Å². The largest absolute Gasteiger partial charge is 0.493 e. The van der Waals surface area contributed by atoms with E-state index in [0.29, 0.717) is 52.4 Å². The summed E-state index contributed by atoms with van der Waals surface area (Å²) in [6, 6.07) is 12.3. The number of likely N-dealkylation sites (N-methyl/N-ethyl adjacent to an activating group) is 1. The number of nitrogens with zero attached hydrogens (tertiary/aromatic N) is 1. The third-order valence-corrected chi connectivity index (χ3v) is 10.8. The Morgan fingerprint density at radius 2 is 1.23 bits per heavy atom. The van der Waals surface area contributed by atoms with E-state index in [4.69, 9.17) is 42.6 Å². The molecule has 3 aliphatic rings. The average Bonchev–Trinajstić information content (AvgIpc) is 3.18. The van der Waals surface area contributed by atoms with Crippen LogP contribution < -0.4 is 47.9 Å². The van der Waals surface area contributed by atoms with Crippen LogP contribution in [0.15, 0.2) is 36.4 Å². The molecule has 2 atom stereocenters. The number of fused-ring (bicyclic) bond motifs is 3. The van der Waals surface area contributed by atoms with Crippen molar-refractivity contribution in [3.05, 3.63) is 69.8 Å². The summed E-state index contributed by atoms with van der Waals surface area (Å²) in [6.45, 7) is 1.72. The van der Waals surface area contributed by atoms with Crippen LogP contribution in [-0.4, -0.2) is 81.9 Å². The van der Waals surface area contributed by atoms with Gasteiger partial charge >= 0.3 is 0 Å². The molecule has 11 nitrogen and oxygen atoms in total. The number of hydrogen-bond donors (Lipinski definition) is 1. The minimum atomic E-state index is -0.0126. The normalized spacial score (nSPS) is 17.2. The Labute approximate surface area is 305 Å². The fourth-order valence-electron chi connectivity index (χ4n) is 8.25. The molecular formula is C41H48N2O9. The van der Waals surface area contributed by atoms with Crippen molar-refractivity contribution in [2.45, 2.75) is 37.8 Å². The lowest BCUT2D eigenvalue weighted by atomic mass is 9.76. The number of hydrogen-bond acceptors (Lipinski definition) is 11. The van der Waals surface area contributed by atoms with E-state index >= 15 is 0 Å². The van der Waals surface area contributed by atoms with Gasteiger partial charge in [-0.15, -0.1) is 0 Å². The SMILES string of the molecule is COc1cc(C[C@@H]2NCCc3cc(OC)c(OC)cc32)c(Oc2cc3c(cc2OC)-c2c(OC)c(OC)c(OC)c4c2[C@H](C3)N(C)CC4)cc1OC. The average molecular weight is 713 g/mol. The Hall–Kier alpha value is -5.00. The van der Waals surface area contributed by atoms with Crippen LogP contribution in [0.2, 0.25) is 0 Å². The van der Waals surface area contributed by atoms with Crippen LogP contribution in [0.4, 0.5) is 0 Å². The predicted molar refractivity (Wildman–Crippen MR) is 198 cm³/mol. The van der Waals surface area contributed by atoms with Gasteiger partial charge in [-0.3, -0.25) is 4.90 Å². The van der Waals surface area contributed by atoms with Gasteiger partial charge in [-0.1, -0.05) is 0 Å². The molecule has 4 aromatic rings. The summed E-state index contributed by atoms with van der Waals surface area (Å²) in [5.74, 6) is 6.41. The maximum Gasteiger partial charge on any atom is 0.204 e. The van der Waals surface area contributed by atoms with Gasteiger partial charge in [0.2, 0.25) is 5.75 Å². The second kappa shape index (κ2) is 14.6. The Balaban J connectivity index is 1.34. The van der Waals surface area contributed by atoms with Crippen LogP contribution in [0, 0.1) is 0 Å². The fourth-order valence-corrected chi connectivity index (χ4v) is 8.25. The van der Waals surface area contributed by atoms with Crippen molar-refractivity contribution in [3.8, 4) is 68.6 Å². The van der Waals surface area contributed by atoms with E-state index in [1.807, 2.05) is 12.1 Å². The molecule has 1 N–H and O–H groups in total. The van der Waals surface area contributed by atoms with Crippen molar-refractivity contribution in [1.82, 2.24) is 10.2 Å². The molecule has 7 rings (SSSR count). The third kappa shape index (κ3) is 5.85. The molecule has 0 radical (unpaired) electrons. The molecule has 0 saturated heterocycles. The summed E-state index contributed by atoms with van der Waals surface area (Å²) in [7, 11) is 15.5. The van der Waals surface area contributed by atoms with Gasteiger partial charge in [0.05, 0.1) is 56.9 Å². The van der Waals surface area contributed by atoms with Crippen molar-refractivity contribution in [2.75, 3.05) is 77.0 Å². The maximum absolute atomic E-state index is 6.89. The molecular weight excluding hydrogens is 664 g/mol. The van der Waals surface area contributed by atoms with E-state index in [1.165, 1.54) is 11.1 Å². The predicted octanol–water partition coefficient (Wildman–Crippen LogP) is 6.73. The Morgan fingerprint density at radius 1 is 0.615 bits per heavy atom. The van der Waals surface area contributed by atoms with Gasteiger partial charge < -0.3 is 47.9 Å². The van der Waals surface area contributed by atoms with E-state index < -0.39 is 0 Å². The molecule has 2 aliphatic heterocycles. The second-order valence-corrected chi connectivity index (χ2v) is 13.3. The zero-order valence-corrected chi connectivity index (χ0v) is 31.5. The van der Waals surface area contributed by atoms with Crippen LogP contribution >= 0.6 is 0 Å². The minimum absolute atomic E-state index is 0.0126. The summed E-state index contributed by atoms with van der Waals surface area (Å²) < 4.78 is 53.7. The lowest BCUT2D eigenvalue weighted by molar-refractivity contribution is 0.222. The monoisotopic (exact) mass is 712 g/mol. The minimum Gasteiger partial charge on any atom is -0.493 e. The van der Waals surface area contributed by atoms with Crippen molar-refractivity contribution in [2.24, 2.45) is 0 Å². The van der Waals surface area contributed by atoms with Gasteiger partial charge in [0.25, 0.3) is 0 Å². The lowest BCUT2D eigenvalue weighted by Crippen LogP contribution is -2.36. The number of benzene rings is 4. The van der Waals surface area contributed by atoms with Crippen molar-refractivity contribution in [1.29, 1.82) is 0 Å². The van der Waals surface area contributed by atoms with Crippen LogP contribution in [0.3, 0.4) is 0 Å². The van der Waals surface area contributed by atoms with Gasteiger partial charge in [0.1, 0.15) is 5.75 Å². The molecule has 0 saturated carbocycles. The maximum atomic E-state index is 6.89. The Kier molecular flexibility index (Phi) is 9.91. The molecule has 11 heteroatoms. The molecule has 0 unspecified atom stereocenters. The fraction of sp³-hybridized carbons (Fsp3) is 0.415. The van der Waals surface area contributed by atoms with Crippen LogP contribution in [-0.2, 0) is 25.7 Å². The first kappa shape index (κ1) is 35.4. The quantitative estimate of drug-likeness (QED) is 0.169. The van der Waals surface area contributed by atoms with E-state index in [-0.39, 0.29) is 12.1 Å². The molecule has 0 aromatic heterocycles. The summed E-state index contributed by atoms with van der Waals surface area (Å²) in [6.07, 6.45) is 3.12. The molecule has 52 heavy (non-hydrogen) atoms. The standard InChI is InChI=1S/C41H48N2O9/c1-43-13-11-25-37-29(43)15-23-17-36(34(47-5)20-27(23)38(37)40(50-8)41(51-9)39(25)49-7)52-30-21-35(48-6)32(45-3)18-24(30)14-28-26-19-33(46-4)31(44-2)16-22(26)10-12-42-28/h16-21,28-29,42H,10-15H2,1-9H3/t28-,29-/m0/s1. The topological polar surface area (TPSA) is 98.3 Å². The van der Waals surface area contributed by atoms with Crippen molar-refractivity contribution in [3.63, 3.8) is 0 Å². The molecule has 0 fully saturated rings. The zero-order valence-electron chi connectivity index (χ0n) is 31.5. The zero-order chi connectivity index (χ0) is 36.7. The first-order chi connectivity index (χ1) is 25.3. The van der Waals surface area contributed by atoms with Gasteiger partial charge in [-0.2, -0.15) is 0 Å². The van der Waals surface area contributed by atoms with Crippen LogP contribution in [0.1, 0.15) is 45.5 Å². The van der Waals surface area contributed by atoms with Gasteiger partial charge in [-0.05, 0) is 97.4 Å². The van der Waals surface area contributed by atoms with Crippen molar-refractivity contribution < 1.29 is 42.6 Å². The first-order valence-electron chi connectivity index (χ1n) is 17.5. The molecule has 0 bridgehead atoms. The molecule has 1 aliphatic carbocycles. The summed E-state index contributed by atoms with van der Waals surface area (Å²) in [4.78, 5) is 2.40. The molecule has 2 heterocycles. The molecule has 0 amide bonds. The van der Waals surface area contributed by atoms with E-state index in [9.17, 15) is 0 Å². The first-order valence-corrected chi connectivity index (χ1v) is 17.5. The highest BCUT2D eigenvalue weighted by Crippen LogP contribution is 2.58. The number of ether oxygens (including phenoxy) is 9. The highest BCUT2D eigenvalue weighted by atomic mass is 16.5. The molecule has 4 aromatic carbocycles. The molecule has 276 valence electrons. The highest BCUT2D eigenvalue weighted by molar-refractivity contribution is 5.87. The van der Waals surface area contributed by atoms with E-state index in [2.05, 4.69) is 41.5 Å². The lowest BCUT2D eigenvalue weighted by Gasteiger charge is -2.41. The molecule has 0 spiro atoms. The second-order valence-electron chi connectivity index (χ2n) is 13.3. The summed E-state index contributed by atoms with van der Waals surface area (Å²) in [5, 5.41) is 3.71. The Morgan fingerprint density at radius 3 is 1.90 bits per heavy atom.